The molecule has 66 valence electrons. The van der Waals surface area contributed by atoms with Crippen LogP contribution < -0.4 is 0 Å². The average Bonchev–Trinajstić information content (AvgIpc) is 2.74. The number of nitrogens with zero attached hydrogens (tertiary/aromatic N) is 1. The van der Waals surface area contributed by atoms with Crippen LogP contribution in [0.25, 0.3) is 5.90 Å². The topological polar surface area (TPSA) is 36.3 Å². The molecule has 0 heterocycles. The van der Waals surface area contributed by atoms with E-state index in [0.717, 1.165) is 19.5 Å². The van der Waals surface area contributed by atoms with Gasteiger partial charge in [-0.1, -0.05) is 6.92 Å². The maximum atomic E-state index is 6.64. The van der Waals surface area contributed by atoms with Crippen molar-refractivity contribution in [1.29, 1.82) is 0 Å². The van der Waals surface area contributed by atoms with Crippen molar-refractivity contribution in [2.75, 3.05) is 13.1 Å². The predicted molar refractivity (Wildman–Crippen MR) is 39.7 cm³/mol. The second-order valence-electron chi connectivity index (χ2n) is 2.61. The van der Waals surface area contributed by atoms with E-state index < -0.39 is 0 Å². The Morgan fingerprint density at radius 2 is 2.00 bits per heavy atom. The number of hydrogen-bond acceptors (Lipinski definition) is 2. The van der Waals surface area contributed by atoms with Gasteiger partial charge in [0.1, 0.15) is 0 Å². The van der Waals surface area contributed by atoms with E-state index in [2.05, 4.69) is 4.94 Å². The molecule has 1 aliphatic rings. The van der Waals surface area contributed by atoms with Crippen LogP contribution in [0.2, 0.25) is 0 Å². The molecule has 5 heteroatoms. The minimum absolute atomic E-state index is 0. The monoisotopic (exact) mass is 320 g/mol. The molecule has 0 saturated heterocycles. The second-order valence-corrected chi connectivity index (χ2v) is 2.61. The van der Waals surface area contributed by atoms with Crippen molar-refractivity contribution in [1.82, 2.24) is 5.06 Å². The van der Waals surface area contributed by atoms with Crippen LogP contribution in [-0.4, -0.2) is 18.2 Å². The predicted octanol–water partition coefficient (Wildman–Crippen LogP) is 1.96. The normalized spacial score (nSPS) is 15.2. The molecule has 0 aromatic carbocycles. The second kappa shape index (κ2) is 9.64. The van der Waals surface area contributed by atoms with Crippen LogP contribution in [0, 0.1) is 5.92 Å². The van der Waals surface area contributed by atoms with Gasteiger partial charge in [-0.3, -0.25) is 0 Å². The van der Waals surface area contributed by atoms with E-state index >= 15 is 0 Å². The Morgan fingerprint density at radius 1 is 1.42 bits per heavy atom. The van der Waals surface area contributed by atoms with Gasteiger partial charge in [0.2, 0.25) is 0 Å². The molecular weight excluding hydrogens is 306 g/mol. The van der Waals surface area contributed by atoms with Crippen LogP contribution >= 0.6 is 0 Å². The van der Waals surface area contributed by atoms with Crippen molar-refractivity contribution in [3.63, 3.8) is 0 Å². The average molecular weight is 320 g/mol. The van der Waals surface area contributed by atoms with Crippen LogP contribution in [0.3, 0.4) is 0 Å². The Hall–Kier alpha value is 2.09. The Kier molecular flexibility index (Phi) is 13.3. The molecule has 0 aromatic rings. The number of rotatable bonds is 5. The fourth-order valence-corrected chi connectivity index (χ4v) is 0.890. The van der Waals surface area contributed by atoms with Gasteiger partial charge in [-0.25, -0.2) is 17.9 Å². The Balaban J connectivity index is 0. The summed E-state index contributed by atoms with van der Waals surface area (Å²) in [7, 11) is 0. The molecule has 0 spiro atoms. The first-order chi connectivity index (χ1) is 4.86. The van der Waals surface area contributed by atoms with Crippen LogP contribution in [0.4, 0.5) is 0 Å². The molecule has 0 atom stereocenters. The van der Waals surface area contributed by atoms with E-state index in [9.17, 15) is 0 Å². The molecule has 1 saturated carbocycles. The molecule has 0 aliphatic heterocycles. The van der Waals surface area contributed by atoms with E-state index in [1.54, 1.807) is 11.0 Å². The molecule has 0 aromatic heterocycles. The van der Waals surface area contributed by atoms with Crippen molar-refractivity contribution in [3.05, 3.63) is 11.8 Å². The third kappa shape index (κ3) is 7.49. The number of hydroxylamine groups is 2. The zero-order valence-corrected chi connectivity index (χ0v) is 13.2. The SMILES string of the molecule is CCN(CC[C-]1CC1)O[NH-].[Y].[Y]. The summed E-state index contributed by atoms with van der Waals surface area (Å²) < 4.78 is 0. The fourth-order valence-electron chi connectivity index (χ4n) is 0.890. The first kappa shape index (κ1) is 16.5. The van der Waals surface area contributed by atoms with Crippen molar-refractivity contribution < 1.29 is 70.4 Å². The molecule has 2 radical (unpaired) electrons. The smallest absolute Gasteiger partial charge is 0.0194 e. The maximum Gasteiger partial charge on any atom is 0.0194 e. The maximum absolute atomic E-state index is 6.64. The van der Waals surface area contributed by atoms with E-state index in [-0.39, 0.29) is 65.4 Å². The van der Waals surface area contributed by atoms with Gasteiger partial charge < -0.3 is 16.8 Å². The number of hydrogen-bond donors (Lipinski definition) is 0. The molecule has 1 rings (SSSR count). The minimum Gasteiger partial charge on any atom is -0.528 e. The molecule has 0 amide bonds. The molecule has 0 unspecified atom stereocenters. The largest absolute Gasteiger partial charge is 0.528 e. The van der Waals surface area contributed by atoms with Crippen molar-refractivity contribution in [2.45, 2.75) is 26.2 Å². The van der Waals surface area contributed by atoms with Gasteiger partial charge in [-0.2, -0.15) is 6.42 Å². The van der Waals surface area contributed by atoms with E-state index in [1.165, 1.54) is 12.8 Å². The first-order valence-electron chi connectivity index (χ1n) is 3.79. The molecule has 1 aliphatic carbocycles. The summed E-state index contributed by atoms with van der Waals surface area (Å²) in [6.07, 6.45) is 3.72. The van der Waals surface area contributed by atoms with Gasteiger partial charge in [0.05, 0.1) is 0 Å². The van der Waals surface area contributed by atoms with E-state index in [0.29, 0.717) is 0 Å². The molecule has 12 heavy (non-hydrogen) atoms. The van der Waals surface area contributed by atoms with Gasteiger partial charge in [-0.05, 0) is 6.54 Å². The summed E-state index contributed by atoms with van der Waals surface area (Å²) in [4.78, 5) is 4.35. The van der Waals surface area contributed by atoms with Crippen molar-refractivity contribution in [3.8, 4) is 0 Å². The fraction of sp³-hybridized carbons (Fsp3) is 0.857. The summed E-state index contributed by atoms with van der Waals surface area (Å²) in [6, 6.07) is 0. The summed E-state index contributed by atoms with van der Waals surface area (Å²) in [5, 5.41) is 1.66. The summed E-state index contributed by atoms with van der Waals surface area (Å²) >= 11 is 0. The summed E-state index contributed by atoms with van der Waals surface area (Å²) in [5.41, 5.74) is 0. The Labute approximate surface area is 125 Å². The molecule has 1 fully saturated rings. The Bertz CT molecular complexity index is 97.4. The quantitative estimate of drug-likeness (QED) is 0.574. The van der Waals surface area contributed by atoms with E-state index in [4.69, 9.17) is 5.90 Å². The van der Waals surface area contributed by atoms with Gasteiger partial charge in [0, 0.05) is 72.0 Å². The Morgan fingerprint density at radius 3 is 2.33 bits per heavy atom. The van der Waals surface area contributed by atoms with Gasteiger partial charge >= 0.3 is 0 Å². The van der Waals surface area contributed by atoms with Crippen LogP contribution in [-0.2, 0) is 70.4 Å². The van der Waals surface area contributed by atoms with Gasteiger partial charge in [0.15, 0.2) is 0 Å². The van der Waals surface area contributed by atoms with Crippen LogP contribution in [0.5, 0.6) is 0 Å². The van der Waals surface area contributed by atoms with Crippen molar-refractivity contribution >= 4 is 0 Å². The van der Waals surface area contributed by atoms with Gasteiger partial charge in [0.25, 0.3) is 0 Å². The molecule has 0 bridgehead atoms. The summed E-state index contributed by atoms with van der Waals surface area (Å²) in [6.45, 7) is 3.68. The molecule has 3 nitrogen and oxygen atoms in total. The molecule has 1 N–H and O–H groups in total. The van der Waals surface area contributed by atoms with E-state index in [1.807, 2.05) is 6.92 Å². The standard InChI is InChI=1S/C7H14N2O.2Y/c1-2-9(10-8)6-5-7-3-4-7;;/h8H,2-6H2,1H3;;/q-2;;. The third-order valence-electron chi connectivity index (χ3n) is 1.80. The molecular formula is C7H14N2OY2-2. The van der Waals surface area contributed by atoms with Crippen LogP contribution in [0.15, 0.2) is 0 Å². The minimum atomic E-state index is 0. The zero-order valence-electron chi connectivity index (χ0n) is 7.55. The number of nitrogens with one attached hydrogen (secondary N) is 1. The first-order valence-corrected chi connectivity index (χ1v) is 3.79. The summed E-state index contributed by atoms with van der Waals surface area (Å²) in [5.74, 6) is 8.26. The third-order valence-corrected chi connectivity index (χ3v) is 1.80. The van der Waals surface area contributed by atoms with Crippen molar-refractivity contribution in [2.24, 2.45) is 0 Å². The van der Waals surface area contributed by atoms with Gasteiger partial charge in [-0.15, -0.1) is 0 Å². The zero-order chi connectivity index (χ0) is 7.40. The van der Waals surface area contributed by atoms with Crippen LogP contribution in [0.1, 0.15) is 26.2 Å².